The molecule has 0 aliphatic rings. The lowest BCUT2D eigenvalue weighted by Crippen LogP contribution is -2.42. The molecule has 0 saturated heterocycles. The molecule has 1 atom stereocenters. The van der Waals surface area contributed by atoms with Gasteiger partial charge in [0.2, 0.25) is 0 Å². The first-order chi connectivity index (χ1) is 12.8. The maximum absolute atomic E-state index is 12.9. The van der Waals surface area contributed by atoms with Gasteiger partial charge in [-0.05, 0) is 25.1 Å². The van der Waals surface area contributed by atoms with Gasteiger partial charge >= 0.3 is 5.97 Å². The second-order valence-electron chi connectivity index (χ2n) is 5.83. The fourth-order valence-corrected chi connectivity index (χ4v) is 2.78. The van der Waals surface area contributed by atoms with Crippen molar-refractivity contribution in [1.82, 2.24) is 19.5 Å². The van der Waals surface area contributed by atoms with Crippen molar-refractivity contribution in [3.8, 4) is 5.75 Å². The van der Waals surface area contributed by atoms with Crippen molar-refractivity contribution in [2.24, 2.45) is 0 Å². The molecule has 3 N–H and O–H groups in total. The number of aromatic nitrogens is 3. The molecule has 3 heterocycles. The van der Waals surface area contributed by atoms with Gasteiger partial charge < -0.3 is 15.5 Å². The SMILES string of the molecule is C[C@H](NC(=O)c1c(O)c2cc(Cl)cn2n(Cc2ccccn2)c1=O)C(=O)O. The Morgan fingerprint density at radius 3 is 2.74 bits per heavy atom. The molecule has 0 aromatic carbocycles. The Morgan fingerprint density at radius 1 is 1.37 bits per heavy atom. The maximum atomic E-state index is 12.9. The van der Waals surface area contributed by atoms with Crippen LogP contribution in [-0.4, -0.2) is 42.3 Å². The number of carbonyl (C=O) groups is 2. The number of nitrogens with one attached hydrogen (secondary N) is 1. The van der Waals surface area contributed by atoms with Crippen LogP contribution in [0.2, 0.25) is 5.02 Å². The van der Waals surface area contributed by atoms with Gasteiger partial charge in [0.15, 0.2) is 5.75 Å². The number of hydrogen-bond acceptors (Lipinski definition) is 5. The molecule has 3 aromatic rings. The number of carbonyl (C=O) groups excluding carboxylic acids is 1. The van der Waals surface area contributed by atoms with Crippen LogP contribution in [-0.2, 0) is 11.3 Å². The molecule has 9 nitrogen and oxygen atoms in total. The summed E-state index contributed by atoms with van der Waals surface area (Å²) in [6.07, 6.45) is 2.98. The third kappa shape index (κ3) is 3.49. The quantitative estimate of drug-likeness (QED) is 0.599. The molecular weight excluding hydrogens is 376 g/mol. The highest BCUT2D eigenvalue weighted by atomic mass is 35.5. The molecule has 0 aliphatic carbocycles. The van der Waals surface area contributed by atoms with Crippen molar-refractivity contribution in [1.29, 1.82) is 0 Å². The molecule has 0 saturated carbocycles. The van der Waals surface area contributed by atoms with Crippen LogP contribution in [0.5, 0.6) is 5.75 Å². The molecule has 0 radical (unpaired) electrons. The molecule has 0 bridgehead atoms. The molecule has 3 rings (SSSR count). The molecule has 27 heavy (non-hydrogen) atoms. The number of carboxylic acid groups (broad SMARTS) is 1. The van der Waals surface area contributed by atoms with Crippen LogP contribution < -0.4 is 10.9 Å². The molecule has 3 aromatic heterocycles. The van der Waals surface area contributed by atoms with Crippen molar-refractivity contribution >= 4 is 29.0 Å². The number of amides is 1. The van der Waals surface area contributed by atoms with Crippen molar-refractivity contribution in [3.63, 3.8) is 0 Å². The second kappa shape index (κ2) is 7.12. The molecule has 10 heteroatoms. The molecule has 1 amide bonds. The van der Waals surface area contributed by atoms with E-state index in [0.29, 0.717) is 5.69 Å². The Bertz CT molecular complexity index is 1090. The van der Waals surface area contributed by atoms with E-state index in [4.69, 9.17) is 16.7 Å². The summed E-state index contributed by atoms with van der Waals surface area (Å²) in [4.78, 5) is 40.5. The van der Waals surface area contributed by atoms with E-state index >= 15 is 0 Å². The van der Waals surface area contributed by atoms with Gasteiger partial charge in [0.05, 0.1) is 17.3 Å². The lowest BCUT2D eigenvalue weighted by atomic mass is 10.2. The van der Waals surface area contributed by atoms with E-state index < -0.39 is 34.8 Å². The molecule has 0 fully saturated rings. The van der Waals surface area contributed by atoms with Gasteiger partial charge in [0.1, 0.15) is 17.1 Å². The summed E-state index contributed by atoms with van der Waals surface area (Å²) < 4.78 is 2.51. The Kier molecular flexibility index (Phi) is 4.87. The fourth-order valence-electron chi connectivity index (χ4n) is 2.58. The van der Waals surface area contributed by atoms with E-state index in [2.05, 4.69) is 10.3 Å². The highest BCUT2D eigenvalue weighted by Gasteiger charge is 2.25. The molecule has 0 spiro atoms. The van der Waals surface area contributed by atoms with E-state index in [1.54, 1.807) is 24.4 Å². The minimum atomic E-state index is -1.27. The summed E-state index contributed by atoms with van der Waals surface area (Å²) in [5.74, 6) is -2.86. The van der Waals surface area contributed by atoms with Crippen LogP contribution in [0, 0.1) is 0 Å². The Hall–Kier alpha value is -3.33. The fraction of sp³-hybridized carbons (Fsp3) is 0.176. The van der Waals surface area contributed by atoms with Gasteiger partial charge in [0.25, 0.3) is 11.5 Å². The zero-order chi connectivity index (χ0) is 19.7. The van der Waals surface area contributed by atoms with E-state index in [1.807, 2.05) is 0 Å². The van der Waals surface area contributed by atoms with Crippen LogP contribution in [0.1, 0.15) is 23.0 Å². The third-order valence-electron chi connectivity index (χ3n) is 3.94. The second-order valence-corrected chi connectivity index (χ2v) is 6.27. The van der Waals surface area contributed by atoms with Crippen molar-refractivity contribution in [2.45, 2.75) is 19.5 Å². The summed E-state index contributed by atoms with van der Waals surface area (Å²) in [6, 6.07) is 5.31. The Labute approximate surface area is 157 Å². The number of hydrogen-bond donors (Lipinski definition) is 3. The Morgan fingerprint density at radius 2 is 2.11 bits per heavy atom. The number of fused-ring (bicyclic) bond motifs is 1. The maximum Gasteiger partial charge on any atom is 0.325 e. The van der Waals surface area contributed by atoms with Crippen LogP contribution in [0.3, 0.4) is 0 Å². The number of aliphatic carboxylic acids is 1. The van der Waals surface area contributed by atoms with Gasteiger partial charge in [-0.25, -0.2) is 4.68 Å². The lowest BCUT2D eigenvalue weighted by Gasteiger charge is -2.15. The molecular formula is C17H15ClN4O5. The third-order valence-corrected chi connectivity index (χ3v) is 4.14. The topological polar surface area (TPSA) is 126 Å². The van der Waals surface area contributed by atoms with Gasteiger partial charge in [-0.1, -0.05) is 17.7 Å². The van der Waals surface area contributed by atoms with Crippen molar-refractivity contribution < 1.29 is 19.8 Å². The Balaban J connectivity index is 2.18. The van der Waals surface area contributed by atoms with Gasteiger partial charge in [-0.3, -0.25) is 23.9 Å². The van der Waals surface area contributed by atoms with E-state index in [1.165, 1.54) is 28.4 Å². The molecule has 0 aliphatic heterocycles. The highest BCUT2D eigenvalue weighted by Crippen LogP contribution is 2.25. The largest absolute Gasteiger partial charge is 0.505 e. The predicted molar refractivity (Wildman–Crippen MR) is 96.2 cm³/mol. The van der Waals surface area contributed by atoms with Crippen molar-refractivity contribution in [2.75, 3.05) is 0 Å². The van der Waals surface area contributed by atoms with Gasteiger partial charge in [0, 0.05) is 12.4 Å². The predicted octanol–water partition coefficient (Wildman–Crippen LogP) is 1.11. The number of aromatic hydroxyl groups is 1. The van der Waals surface area contributed by atoms with Crippen LogP contribution >= 0.6 is 11.6 Å². The van der Waals surface area contributed by atoms with E-state index in [0.717, 1.165) is 0 Å². The first kappa shape index (κ1) is 18.5. The monoisotopic (exact) mass is 390 g/mol. The van der Waals surface area contributed by atoms with Crippen LogP contribution in [0.4, 0.5) is 0 Å². The summed E-state index contributed by atoms with van der Waals surface area (Å²) in [7, 11) is 0. The average Bonchev–Trinajstić information content (AvgIpc) is 3.01. The van der Waals surface area contributed by atoms with E-state index in [9.17, 15) is 19.5 Å². The normalized spacial score (nSPS) is 12.1. The zero-order valence-electron chi connectivity index (χ0n) is 14.1. The summed E-state index contributed by atoms with van der Waals surface area (Å²) in [5, 5.41) is 21.8. The molecule has 140 valence electrons. The van der Waals surface area contributed by atoms with Gasteiger partial charge in [-0.15, -0.1) is 0 Å². The lowest BCUT2D eigenvalue weighted by molar-refractivity contribution is -0.138. The van der Waals surface area contributed by atoms with Gasteiger partial charge in [-0.2, -0.15) is 0 Å². The smallest absolute Gasteiger partial charge is 0.325 e. The number of pyridine rings is 1. The number of carboxylic acids is 1. The van der Waals surface area contributed by atoms with Crippen LogP contribution in [0.25, 0.3) is 5.52 Å². The standard InChI is InChI=1S/C17H15ClN4O5/c1-9(17(26)27)20-15(24)13-14(23)12-6-10(18)7-21(12)22(16(13)25)8-11-4-2-3-5-19-11/h2-7,9,23H,8H2,1H3,(H,20,24)(H,26,27)/t9-/m0/s1. The minimum absolute atomic E-state index is 0.0101. The summed E-state index contributed by atoms with van der Waals surface area (Å²) in [5.41, 5.74) is -0.709. The summed E-state index contributed by atoms with van der Waals surface area (Å²) >= 11 is 6.00. The van der Waals surface area contributed by atoms with Crippen molar-refractivity contribution in [3.05, 3.63) is 63.3 Å². The highest BCUT2D eigenvalue weighted by molar-refractivity contribution is 6.31. The molecule has 0 unspecified atom stereocenters. The van der Waals surface area contributed by atoms with E-state index in [-0.39, 0.29) is 17.1 Å². The zero-order valence-corrected chi connectivity index (χ0v) is 14.8. The van der Waals surface area contributed by atoms with Crippen LogP contribution in [0.15, 0.2) is 41.5 Å². The average molecular weight is 391 g/mol. The summed E-state index contributed by atoms with van der Waals surface area (Å²) in [6.45, 7) is 1.26. The first-order valence-corrected chi connectivity index (χ1v) is 8.24. The first-order valence-electron chi connectivity index (χ1n) is 7.86. The number of halogens is 1. The minimum Gasteiger partial charge on any atom is -0.505 e. The number of rotatable bonds is 5. The number of nitrogens with zero attached hydrogens (tertiary/aromatic N) is 3.